The molecule has 0 spiro atoms. The first-order valence-electron chi connectivity index (χ1n) is 1.79. The molecular formula is C2H4Cl3O3P. The van der Waals surface area contributed by atoms with E-state index in [0.29, 0.717) is 0 Å². The summed E-state index contributed by atoms with van der Waals surface area (Å²) in [6.07, 6.45) is 0. The molecule has 56 valence electrons. The van der Waals surface area contributed by atoms with Crippen molar-refractivity contribution < 1.29 is 14.3 Å². The van der Waals surface area contributed by atoms with Gasteiger partial charge in [-0.25, -0.2) is 0 Å². The fourth-order valence-corrected chi connectivity index (χ4v) is 0.832. The van der Waals surface area contributed by atoms with Gasteiger partial charge in [0.05, 0.1) is 0 Å². The van der Waals surface area contributed by atoms with Crippen LogP contribution >= 0.6 is 43.4 Å². The zero-order valence-corrected chi connectivity index (χ0v) is 7.25. The Kier molecular flexibility index (Phi) is 4.68. The maximum atomic E-state index is 8.14. The van der Waals surface area contributed by atoms with E-state index in [-0.39, 0.29) is 6.61 Å². The molecule has 9 heavy (non-hydrogen) atoms. The summed E-state index contributed by atoms with van der Waals surface area (Å²) in [7, 11) is -2.42. The van der Waals surface area contributed by atoms with Gasteiger partial charge in [0.2, 0.25) is 3.79 Å². The maximum absolute atomic E-state index is 8.14. The smallest absolute Gasteiger partial charge is 0.327 e. The third-order valence-electron chi connectivity index (χ3n) is 0.344. The van der Waals surface area contributed by atoms with E-state index >= 15 is 0 Å². The van der Waals surface area contributed by atoms with Gasteiger partial charge in [0.15, 0.2) is 0 Å². The first-order chi connectivity index (χ1) is 3.92. The lowest BCUT2D eigenvalue weighted by molar-refractivity contribution is 0.260. The van der Waals surface area contributed by atoms with Crippen LogP contribution in [0.15, 0.2) is 0 Å². The van der Waals surface area contributed by atoms with Crippen molar-refractivity contribution in [3.63, 3.8) is 0 Å². The Morgan fingerprint density at radius 3 is 1.89 bits per heavy atom. The average Bonchev–Trinajstić information content (AvgIpc) is 1.59. The van der Waals surface area contributed by atoms with Crippen LogP contribution in [0.5, 0.6) is 0 Å². The van der Waals surface area contributed by atoms with Gasteiger partial charge in [-0.3, -0.25) is 0 Å². The molecule has 3 nitrogen and oxygen atoms in total. The van der Waals surface area contributed by atoms with Crippen molar-refractivity contribution >= 4 is 43.4 Å². The molecule has 0 aliphatic heterocycles. The minimum atomic E-state index is -2.42. The van der Waals surface area contributed by atoms with Crippen LogP contribution in [-0.4, -0.2) is 20.2 Å². The van der Waals surface area contributed by atoms with E-state index in [1.807, 2.05) is 0 Å². The van der Waals surface area contributed by atoms with Gasteiger partial charge in [0.25, 0.3) is 0 Å². The van der Waals surface area contributed by atoms with E-state index < -0.39 is 12.4 Å². The lowest BCUT2D eigenvalue weighted by Crippen LogP contribution is -2.10. The normalized spacial score (nSPS) is 12.7. The molecule has 0 amide bonds. The van der Waals surface area contributed by atoms with Crippen LogP contribution in [0.25, 0.3) is 0 Å². The van der Waals surface area contributed by atoms with Crippen LogP contribution in [0.4, 0.5) is 0 Å². The van der Waals surface area contributed by atoms with Crippen LogP contribution < -0.4 is 0 Å². The molecule has 0 aliphatic carbocycles. The largest absolute Gasteiger partial charge is 0.328 e. The number of hydrogen-bond donors (Lipinski definition) is 2. The average molecular weight is 213 g/mol. The van der Waals surface area contributed by atoms with Gasteiger partial charge in [-0.2, -0.15) is 0 Å². The van der Waals surface area contributed by atoms with Crippen molar-refractivity contribution in [2.24, 2.45) is 0 Å². The molecule has 0 heterocycles. The van der Waals surface area contributed by atoms with Gasteiger partial charge in [-0.1, -0.05) is 34.8 Å². The van der Waals surface area contributed by atoms with Crippen molar-refractivity contribution in [1.82, 2.24) is 0 Å². The molecule has 0 aliphatic rings. The lowest BCUT2D eigenvalue weighted by atomic mass is 10.9. The Morgan fingerprint density at radius 2 is 1.78 bits per heavy atom. The van der Waals surface area contributed by atoms with Gasteiger partial charge in [0, 0.05) is 0 Å². The fourth-order valence-electron chi connectivity index (χ4n) is 0.131. The van der Waals surface area contributed by atoms with E-state index in [9.17, 15) is 0 Å². The Bertz CT molecular complexity index is 81.6. The van der Waals surface area contributed by atoms with Crippen LogP contribution in [0.2, 0.25) is 0 Å². The van der Waals surface area contributed by atoms with E-state index in [0.717, 1.165) is 0 Å². The molecule has 0 fully saturated rings. The molecule has 0 saturated heterocycles. The maximum Gasteiger partial charge on any atom is 0.327 e. The van der Waals surface area contributed by atoms with Crippen molar-refractivity contribution in [1.29, 1.82) is 0 Å². The highest BCUT2D eigenvalue weighted by Crippen LogP contribution is 2.32. The molecular weight excluding hydrogens is 209 g/mol. The highest BCUT2D eigenvalue weighted by atomic mass is 35.6. The minimum absolute atomic E-state index is 0.323. The zero-order chi connectivity index (χ0) is 7.49. The standard InChI is InChI=1S/C2H4Cl3O3P/c3-2(4,5)1-8-9(6)7/h6-7H,1H2. The summed E-state index contributed by atoms with van der Waals surface area (Å²) < 4.78 is 2.61. The summed E-state index contributed by atoms with van der Waals surface area (Å²) in [6, 6.07) is 0. The van der Waals surface area contributed by atoms with Crippen molar-refractivity contribution in [2.45, 2.75) is 3.79 Å². The number of alkyl halides is 3. The van der Waals surface area contributed by atoms with Crippen LogP contribution in [0.1, 0.15) is 0 Å². The number of hydrogen-bond acceptors (Lipinski definition) is 3. The van der Waals surface area contributed by atoms with Crippen molar-refractivity contribution in [2.75, 3.05) is 6.61 Å². The molecule has 0 radical (unpaired) electrons. The zero-order valence-electron chi connectivity index (χ0n) is 4.09. The predicted octanol–water partition coefficient (Wildman–Crippen LogP) is 1.58. The highest BCUT2D eigenvalue weighted by Gasteiger charge is 2.21. The first-order valence-corrected chi connectivity index (χ1v) is 4.09. The fraction of sp³-hybridized carbons (Fsp3) is 1.00. The molecule has 7 heteroatoms. The quantitative estimate of drug-likeness (QED) is 0.541. The molecule has 0 aromatic carbocycles. The summed E-state index contributed by atoms with van der Waals surface area (Å²) in [5.74, 6) is 0. The molecule has 0 rings (SSSR count). The van der Waals surface area contributed by atoms with Crippen molar-refractivity contribution in [3.8, 4) is 0 Å². The summed E-state index contributed by atoms with van der Waals surface area (Å²) in [5, 5.41) is 0. The third-order valence-corrected chi connectivity index (χ3v) is 1.03. The Morgan fingerprint density at radius 1 is 1.33 bits per heavy atom. The van der Waals surface area contributed by atoms with Gasteiger partial charge in [-0.05, 0) is 0 Å². The Labute approximate surface area is 68.5 Å². The summed E-state index contributed by atoms with van der Waals surface area (Å²) in [4.78, 5) is 16.3. The second kappa shape index (κ2) is 4.14. The molecule has 0 saturated carbocycles. The first kappa shape index (κ1) is 10.2. The van der Waals surface area contributed by atoms with Crippen molar-refractivity contribution in [3.05, 3.63) is 0 Å². The predicted molar refractivity (Wildman–Crippen MR) is 37.6 cm³/mol. The second-order valence-electron chi connectivity index (χ2n) is 1.14. The van der Waals surface area contributed by atoms with Gasteiger partial charge >= 0.3 is 8.60 Å². The summed E-state index contributed by atoms with van der Waals surface area (Å²) >= 11 is 15.5. The highest BCUT2D eigenvalue weighted by molar-refractivity contribution is 7.39. The molecule has 0 aromatic heterocycles. The number of halogens is 3. The molecule has 0 aromatic rings. The molecule has 2 N–H and O–H groups in total. The van der Waals surface area contributed by atoms with E-state index in [1.165, 1.54) is 0 Å². The summed E-state index contributed by atoms with van der Waals surface area (Å²) in [5.41, 5.74) is 0. The Hall–Kier alpha value is 1.18. The lowest BCUT2D eigenvalue weighted by Gasteiger charge is -2.10. The number of rotatable bonds is 2. The Balaban J connectivity index is 3.28. The minimum Gasteiger partial charge on any atom is -0.328 e. The van der Waals surface area contributed by atoms with Crippen LogP contribution in [0.3, 0.4) is 0 Å². The van der Waals surface area contributed by atoms with Crippen LogP contribution in [-0.2, 0) is 4.52 Å². The van der Waals surface area contributed by atoms with E-state index in [4.69, 9.17) is 44.6 Å². The topological polar surface area (TPSA) is 49.7 Å². The van der Waals surface area contributed by atoms with Gasteiger partial charge in [-0.15, -0.1) is 0 Å². The summed E-state index contributed by atoms with van der Waals surface area (Å²) in [6.45, 7) is -0.323. The SMILES string of the molecule is OP(O)OCC(Cl)(Cl)Cl. The third kappa shape index (κ3) is 9.18. The van der Waals surface area contributed by atoms with E-state index in [2.05, 4.69) is 4.52 Å². The van der Waals surface area contributed by atoms with Crippen LogP contribution in [0, 0.1) is 0 Å². The molecule has 0 atom stereocenters. The monoisotopic (exact) mass is 212 g/mol. The van der Waals surface area contributed by atoms with E-state index in [1.54, 1.807) is 0 Å². The molecule has 0 bridgehead atoms. The van der Waals surface area contributed by atoms with Gasteiger partial charge < -0.3 is 14.3 Å². The van der Waals surface area contributed by atoms with Gasteiger partial charge in [0.1, 0.15) is 6.61 Å². The molecule has 0 unspecified atom stereocenters. The second-order valence-corrected chi connectivity index (χ2v) is 4.42.